The smallest absolute Gasteiger partial charge is 0.271 e. The summed E-state index contributed by atoms with van der Waals surface area (Å²) in [5.74, 6) is 1.77. The summed E-state index contributed by atoms with van der Waals surface area (Å²) in [5.41, 5.74) is 5.93. The Morgan fingerprint density at radius 2 is 2.41 bits per heavy atom. The van der Waals surface area contributed by atoms with E-state index in [2.05, 4.69) is 17.1 Å². The topological polar surface area (TPSA) is 74.2 Å². The lowest BCUT2D eigenvalue weighted by atomic mass is 10.2. The molecule has 6 heteroatoms. The number of nitrogens with two attached hydrogens (primary N) is 1. The molecule has 0 saturated carbocycles. The molecule has 92 valence electrons. The number of hydrogen-bond acceptors (Lipinski definition) is 6. The van der Waals surface area contributed by atoms with Gasteiger partial charge in [-0.1, -0.05) is 18.5 Å². The molecule has 0 spiro atoms. The third-order valence-electron chi connectivity index (χ3n) is 2.42. The lowest BCUT2D eigenvalue weighted by Crippen LogP contribution is -2.11. The third-order valence-corrected chi connectivity index (χ3v) is 3.30. The van der Waals surface area contributed by atoms with Gasteiger partial charge in [-0.15, -0.1) is 11.3 Å². The van der Waals surface area contributed by atoms with Crippen LogP contribution >= 0.6 is 11.3 Å². The van der Waals surface area contributed by atoms with Gasteiger partial charge in [0.1, 0.15) is 10.6 Å². The zero-order valence-electron chi connectivity index (χ0n) is 9.84. The van der Waals surface area contributed by atoms with Crippen LogP contribution in [0, 0.1) is 0 Å². The summed E-state index contributed by atoms with van der Waals surface area (Å²) in [5, 5.41) is 5.83. The van der Waals surface area contributed by atoms with Gasteiger partial charge in [-0.3, -0.25) is 0 Å². The van der Waals surface area contributed by atoms with Crippen molar-refractivity contribution in [1.82, 2.24) is 10.1 Å². The number of thiophene rings is 1. The van der Waals surface area contributed by atoms with Crippen molar-refractivity contribution in [3.63, 3.8) is 0 Å². The Hall–Kier alpha value is -1.40. The van der Waals surface area contributed by atoms with E-state index in [1.165, 1.54) is 11.3 Å². The molecule has 2 aromatic heterocycles. The Bertz CT molecular complexity index is 481. The monoisotopic (exact) mass is 253 g/mol. The molecule has 0 radical (unpaired) electrons. The summed E-state index contributed by atoms with van der Waals surface area (Å²) >= 11 is 1.50. The SMILES string of the molecule is CCCC(N)c1noc(-c2sccc2OC)n1. The number of hydrogen-bond donors (Lipinski definition) is 1. The molecule has 17 heavy (non-hydrogen) atoms. The average Bonchev–Trinajstić information content (AvgIpc) is 2.97. The van der Waals surface area contributed by atoms with Crippen molar-refractivity contribution in [3.05, 3.63) is 17.3 Å². The van der Waals surface area contributed by atoms with Gasteiger partial charge in [0.25, 0.3) is 5.89 Å². The maximum atomic E-state index is 5.93. The molecule has 2 rings (SSSR count). The second kappa shape index (κ2) is 5.29. The summed E-state index contributed by atoms with van der Waals surface area (Å²) in [6.07, 6.45) is 1.84. The highest BCUT2D eigenvalue weighted by Crippen LogP contribution is 2.34. The maximum Gasteiger partial charge on any atom is 0.271 e. The number of aromatic nitrogens is 2. The predicted octanol–water partition coefficient (Wildman–Crippen LogP) is 2.61. The first kappa shape index (κ1) is 12.1. The minimum absolute atomic E-state index is 0.163. The van der Waals surface area contributed by atoms with Crippen LogP contribution in [0.3, 0.4) is 0 Å². The molecule has 0 aliphatic rings. The van der Waals surface area contributed by atoms with Crippen molar-refractivity contribution < 1.29 is 9.26 Å². The van der Waals surface area contributed by atoms with Crippen molar-refractivity contribution in [2.75, 3.05) is 7.11 Å². The summed E-state index contributed by atoms with van der Waals surface area (Å²) in [6, 6.07) is 1.71. The van der Waals surface area contributed by atoms with Gasteiger partial charge in [-0.25, -0.2) is 0 Å². The van der Waals surface area contributed by atoms with Crippen LogP contribution in [0.25, 0.3) is 10.8 Å². The molecule has 0 amide bonds. The lowest BCUT2D eigenvalue weighted by Gasteiger charge is -2.02. The van der Waals surface area contributed by atoms with Crippen molar-refractivity contribution in [2.24, 2.45) is 5.73 Å². The van der Waals surface area contributed by atoms with Crippen molar-refractivity contribution >= 4 is 11.3 Å². The molecular weight excluding hydrogens is 238 g/mol. The first-order valence-electron chi connectivity index (χ1n) is 5.47. The van der Waals surface area contributed by atoms with E-state index < -0.39 is 0 Å². The fourth-order valence-electron chi connectivity index (χ4n) is 1.53. The maximum absolute atomic E-state index is 5.93. The summed E-state index contributed by atoms with van der Waals surface area (Å²) in [6.45, 7) is 2.07. The van der Waals surface area contributed by atoms with Gasteiger partial charge in [0.05, 0.1) is 13.2 Å². The second-order valence-corrected chi connectivity index (χ2v) is 4.59. The van der Waals surface area contributed by atoms with Gasteiger partial charge in [0, 0.05) is 0 Å². The minimum atomic E-state index is -0.163. The van der Waals surface area contributed by atoms with E-state index in [0.717, 1.165) is 23.5 Å². The molecule has 0 bridgehead atoms. The quantitative estimate of drug-likeness (QED) is 0.886. The molecule has 0 aromatic carbocycles. The Morgan fingerprint density at radius 3 is 3.12 bits per heavy atom. The second-order valence-electron chi connectivity index (χ2n) is 3.67. The molecule has 2 N–H and O–H groups in total. The molecule has 0 saturated heterocycles. The summed E-state index contributed by atoms with van der Waals surface area (Å²) < 4.78 is 10.4. The molecule has 0 aliphatic heterocycles. The lowest BCUT2D eigenvalue weighted by molar-refractivity contribution is 0.401. The van der Waals surface area contributed by atoms with E-state index in [4.69, 9.17) is 15.0 Å². The van der Waals surface area contributed by atoms with Crippen molar-refractivity contribution in [1.29, 1.82) is 0 Å². The number of methoxy groups -OCH3 is 1. The van der Waals surface area contributed by atoms with Crippen LogP contribution in [0.2, 0.25) is 0 Å². The van der Waals surface area contributed by atoms with Gasteiger partial charge in [-0.05, 0) is 17.9 Å². The van der Waals surface area contributed by atoms with E-state index in [0.29, 0.717) is 11.7 Å². The number of rotatable bonds is 5. The van der Waals surface area contributed by atoms with Crippen molar-refractivity contribution in [3.8, 4) is 16.5 Å². The highest BCUT2D eigenvalue weighted by atomic mass is 32.1. The van der Waals surface area contributed by atoms with Crippen LogP contribution in [-0.2, 0) is 0 Å². The molecule has 2 heterocycles. The highest BCUT2D eigenvalue weighted by Gasteiger charge is 2.18. The zero-order chi connectivity index (χ0) is 12.3. The average molecular weight is 253 g/mol. The van der Waals surface area contributed by atoms with Crippen LogP contribution in [-0.4, -0.2) is 17.3 Å². The van der Waals surface area contributed by atoms with Gasteiger partial charge in [0.15, 0.2) is 5.82 Å². The van der Waals surface area contributed by atoms with E-state index in [1.54, 1.807) is 7.11 Å². The minimum Gasteiger partial charge on any atom is -0.495 e. The highest BCUT2D eigenvalue weighted by molar-refractivity contribution is 7.13. The first-order valence-corrected chi connectivity index (χ1v) is 6.35. The predicted molar refractivity (Wildman–Crippen MR) is 66.0 cm³/mol. The van der Waals surface area contributed by atoms with E-state index in [1.807, 2.05) is 11.4 Å². The Labute approximate surface area is 104 Å². The Balaban J connectivity index is 2.23. The molecule has 2 aromatic rings. The third kappa shape index (κ3) is 2.48. The van der Waals surface area contributed by atoms with Crippen LogP contribution < -0.4 is 10.5 Å². The molecule has 1 unspecified atom stereocenters. The summed E-state index contributed by atoms with van der Waals surface area (Å²) in [7, 11) is 1.62. The van der Waals surface area contributed by atoms with Crippen molar-refractivity contribution in [2.45, 2.75) is 25.8 Å². The van der Waals surface area contributed by atoms with Gasteiger partial charge in [0.2, 0.25) is 0 Å². The van der Waals surface area contributed by atoms with Gasteiger partial charge >= 0.3 is 0 Å². The fraction of sp³-hybridized carbons (Fsp3) is 0.455. The molecule has 0 aliphatic carbocycles. The van der Waals surface area contributed by atoms with Gasteiger partial charge < -0.3 is 15.0 Å². The molecular formula is C11H15N3O2S. The normalized spacial score (nSPS) is 12.6. The van der Waals surface area contributed by atoms with E-state index in [9.17, 15) is 0 Å². The van der Waals surface area contributed by atoms with E-state index >= 15 is 0 Å². The fourth-order valence-corrected chi connectivity index (χ4v) is 2.31. The van der Waals surface area contributed by atoms with Crippen LogP contribution in [0.4, 0.5) is 0 Å². The van der Waals surface area contributed by atoms with Crippen LogP contribution in [0.5, 0.6) is 5.75 Å². The van der Waals surface area contributed by atoms with Crippen LogP contribution in [0.1, 0.15) is 31.6 Å². The van der Waals surface area contributed by atoms with Gasteiger partial charge in [-0.2, -0.15) is 4.98 Å². The Morgan fingerprint density at radius 1 is 1.59 bits per heavy atom. The summed E-state index contributed by atoms with van der Waals surface area (Å²) in [4.78, 5) is 5.15. The molecule has 5 nitrogen and oxygen atoms in total. The largest absolute Gasteiger partial charge is 0.495 e. The molecule has 0 fully saturated rings. The standard InChI is InChI=1S/C11H15N3O2S/c1-3-4-7(12)10-13-11(16-14-10)9-8(15-2)5-6-17-9/h5-7H,3-4,12H2,1-2H3. The first-order chi connectivity index (χ1) is 8.26. The number of ether oxygens (including phenoxy) is 1. The zero-order valence-corrected chi connectivity index (χ0v) is 10.7. The van der Waals surface area contributed by atoms with E-state index in [-0.39, 0.29) is 6.04 Å². The number of nitrogens with zero attached hydrogens (tertiary/aromatic N) is 2. The Kier molecular flexibility index (Phi) is 3.75. The molecule has 1 atom stereocenters. The van der Waals surface area contributed by atoms with Crippen LogP contribution in [0.15, 0.2) is 16.0 Å².